The Labute approximate surface area is 163 Å². The maximum absolute atomic E-state index is 13.8. The van der Waals surface area contributed by atoms with Crippen LogP contribution < -0.4 is 0 Å². The van der Waals surface area contributed by atoms with Crippen LogP contribution in [0.1, 0.15) is 16.7 Å². The van der Waals surface area contributed by atoms with E-state index < -0.39 is 0 Å². The zero-order valence-corrected chi connectivity index (χ0v) is 15.9. The number of benzene rings is 2. The minimum absolute atomic E-state index is 0.254. The first-order valence-electron chi connectivity index (χ1n) is 9.01. The summed E-state index contributed by atoms with van der Waals surface area (Å²) in [6.07, 6.45) is 7.05. The lowest BCUT2D eigenvalue weighted by molar-refractivity contribution is 0.619. The van der Waals surface area contributed by atoms with Crippen LogP contribution in [0.2, 0.25) is 0 Å². The van der Waals surface area contributed by atoms with Crippen LogP contribution in [0.15, 0.2) is 61.2 Å². The summed E-state index contributed by atoms with van der Waals surface area (Å²) in [5.41, 5.74) is 6.40. The van der Waals surface area contributed by atoms with Gasteiger partial charge in [-0.05, 0) is 61.2 Å². The van der Waals surface area contributed by atoms with Crippen LogP contribution in [-0.4, -0.2) is 19.9 Å². The van der Waals surface area contributed by atoms with Crippen molar-refractivity contribution in [2.75, 3.05) is 0 Å². The monoisotopic (exact) mass is 370 g/mol. The number of halogens is 1. The Morgan fingerprint density at radius 3 is 2.00 bits per heavy atom. The molecule has 0 aliphatic carbocycles. The van der Waals surface area contributed by atoms with Crippen molar-refractivity contribution < 1.29 is 4.39 Å². The smallest absolute Gasteiger partial charge is 0.159 e. The van der Waals surface area contributed by atoms with Gasteiger partial charge in [0.1, 0.15) is 5.82 Å². The summed E-state index contributed by atoms with van der Waals surface area (Å²) >= 11 is 0. The molecule has 0 saturated carbocycles. The third-order valence-electron chi connectivity index (χ3n) is 4.85. The summed E-state index contributed by atoms with van der Waals surface area (Å²) in [7, 11) is 0. The average molecular weight is 370 g/mol. The molecule has 0 aliphatic heterocycles. The van der Waals surface area contributed by atoms with Crippen molar-refractivity contribution in [2.24, 2.45) is 0 Å². The molecule has 0 radical (unpaired) electrons. The molecular formula is C23H19FN4. The van der Waals surface area contributed by atoms with E-state index in [4.69, 9.17) is 0 Å². The lowest BCUT2D eigenvalue weighted by atomic mass is 9.96. The summed E-state index contributed by atoms with van der Waals surface area (Å²) in [5, 5.41) is 0. The Morgan fingerprint density at radius 1 is 0.679 bits per heavy atom. The molecule has 2 heterocycles. The molecule has 4 aromatic rings. The second-order valence-corrected chi connectivity index (χ2v) is 6.76. The highest BCUT2D eigenvalue weighted by atomic mass is 19.1. The maximum Gasteiger partial charge on any atom is 0.159 e. The quantitative estimate of drug-likeness (QED) is 0.489. The molecule has 28 heavy (non-hydrogen) atoms. The molecule has 0 saturated heterocycles. The van der Waals surface area contributed by atoms with Crippen molar-refractivity contribution in [3.63, 3.8) is 0 Å². The van der Waals surface area contributed by atoms with Gasteiger partial charge in [0.2, 0.25) is 0 Å². The summed E-state index contributed by atoms with van der Waals surface area (Å²) in [6, 6.07) is 10.9. The zero-order chi connectivity index (χ0) is 19.7. The topological polar surface area (TPSA) is 51.6 Å². The van der Waals surface area contributed by atoms with Crippen molar-refractivity contribution in [1.29, 1.82) is 0 Å². The Kier molecular flexibility index (Phi) is 4.65. The molecule has 0 N–H and O–H groups in total. The predicted molar refractivity (Wildman–Crippen MR) is 108 cm³/mol. The van der Waals surface area contributed by atoms with Gasteiger partial charge in [-0.1, -0.05) is 18.2 Å². The van der Waals surface area contributed by atoms with Gasteiger partial charge in [-0.3, -0.25) is 0 Å². The highest BCUT2D eigenvalue weighted by Gasteiger charge is 2.12. The fourth-order valence-corrected chi connectivity index (χ4v) is 3.26. The number of nitrogens with zero attached hydrogens (tertiary/aromatic N) is 4. The molecule has 0 atom stereocenters. The van der Waals surface area contributed by atoms with E-state index >= 15 is 0 Å². The molecular weight excluding hydrogens is 351 g/mol. The van der Waals surface area contributed by atoms with Gasteiger partial charge in [0, 0.05) is 41.5 Å². The molecule has 138 valence electrons. The van der Waals surface area contributed by atoms with Crippen LogP contribution in [0.4, 0.5) is 4.39 Å². The van der Waals surface area contributed by atoms with Crippen molar-refractivity contribution in [2.45, 2.75) is 20.8 Å². The van der Waals surface area contributed by atoms with Crippen molar-refractivity contribution in [3.8, 4) is 33.9 Å². The number of hydrogen-bond donors (Lipinski definition) is 0. The first-order valence-corrected chi connectivity index (χ1v) is 9.01. The van der Waals surface area contributed by atoms with Crippen LogP contribution in [0.3, 0.4) is 0 Å². The molecule has 4 nitrogen and oxygen atoms in total. The van der Waals surface area contributed by atoms with E-state index in [0.29, 0.717) is 22.8 Å². The molecule has 0 aliphatic rings. The molecule has 0 fully saturated rings. The number of aromatic nitrogens is 4. The predicted octanol–water partition coefficient (Wildman–Crippen LogP) is 5.33. The minimum atomic E-state index is -0.254. The zero-order valence-electron chi connectivity index (χ0n) is 15.9. The SMILES string of the molecule is Cc1cc(-c2ncccn2)c(C)cc1-c1cnc(-c2cccc(F)c2C)nc1. The second kappa shape index (κ2) is 7.27. The first kappa shape index (κ1) is 17.9. The normalized spacial score (nSPS) is 10.9. The van der Waals surface area contributed by atoms with Crippen molar-refractivity contribution in [1.82, 2.24) is 19.9 Å². The Morgan fingerprint density at radius 2 is 1.29 bits per heavy atom. The number of rotatable bonds is 3. The first-order chi connectivity index (χ1) is 13.5. The third-order valence-corrected chi connectivity index (χ3v) is 4.85. The highest BCUT2D eigenvalue weighted by molar-refractivity contribution is 5.73. The molecule has 0 bridgehead atoms. The summed E-state index contributed by atoms with van der Waals surface area (Å²) in [6.45, 7) is 5.83. The number of hydrogen-bond acceptors (Lipinski definition) is 4. The summed E-state index contributed by atoms with van der Waals surface area (Å²) in [4.78, 5) is 17.6. The fourth-order valence-electron chi connectivity index (χ4n) is 3.26. The van der Waals surface area contributed by atoms with E-state index in [-0.39, 0.29) is 5.82 Å². The molecule has 0 amide bonds. The van der Waals surface area contributed by atoms with Gasteiger partial charge in [0.25, 0.3) is 0 Å². The van der Waals surface area contributed by atoms with E-state index in [1.807, 2.05) is 19.9 Å². The molecule has 2 aromatic carbocycles. The fraction of sp³-hybridized carbons (Fsp3) is 0.130. The van der Waals surface area contributed by atoms with Crippen molar-refractivity contribution >= 4 is 0 Å². The Hall–Kier alpha value is -3.47. The Balaban J connectivity index is 1.72. The van der Waals surface area contributed by atoms with Crippen LogP contribution in [0, 0.1) is 26.6 Å². The lowest BCUT2D eigenvalue weighted by Gasteiger charge is -2.12. The van der Waals surface area contributed by atoms with Gasteiger partial charge < -0.3 is 0 Å². The van der Waals surface area contributed by atoms with Gasteiger partial charge in [0.15, 0.2) is 11.6 Å². The molecule has 5 heteroatoms. The number of aryl methyl sites for hydroxylation is 2. The van der Waals surface area contributed by atoms with Gasteiger partial charge in [-0.2, -0.15) is 0 Å². The van der Waals surface area contributed by atoms with Crippen LogP contribution in [-0.2, 0) is 0 Å². The maximum atomic E-state index is 13.8. The molecule has 0 spiro atoms. The third kappa shape index (κ3) is 3.27. The van der Waals surface area contributed by atoms with Gasteiger partial charge >= 0.3 is 0 Å². The van der Waals surface area contributed by atoms with E-state index in [9.17, 15) is 4.39 Å². The largest absolute Gasteiger partial charge is 0.237 e. The molecule has 0 unspecified atom stereocenters. The minimum Gasteiger partial charge on any atom is -0.237 e. The Bertz CT molecular complexity index is 1140. The highest BCUT2D eigenvalue weighted by Crippen LogP contribution is 2.30. The van der Waals surface area contributed by atoms with E-state index in [0.717, 1.165) is 27.8 Å². The van der Waals surface area contributed by atoms with Gasteiger partial charge in [-0.25, -0.2) is 24.3 Å². The van der Waals surface area contributed by atoms with Crippen LogP contribution in [0.5, 0.6) is 0 Å². The van der Waals surface area contributed by atoms with Gasteiger partial charge in [-0.15, -0.1) is 0 Å². The van der Waals surface area contributed by atoms with E-state index in [2.05, 4.69) is 32.1 Å². The average Bonchev–Trinajstić information content (AvgIpc) is 2.72. The summed E-state index contributed by atoms with van der Waals surface area (Å²) in [5.74, 6) is 0.975. The second-order valence-electron chi connectivity index (χ2n) is 6.76. The van der Waals surface area contributed by atoms with Crippen LogP contribution in [0.25, 0.3) is 33.9 Å². The standard InChI is InChI=1S/C23H19FN4/c1-14-11-20(23-25-8-5-9-26-23)15(2)10-19(14)17-12-27-22(28-13-17)18-6-4-7-21(24)16(18)3/h4-13H,1-3H3. The van der Waals surface area contributed by atoms with Gasteiger partial charge in [0.05, 0.1) is 0 Å². The van der Waals surface area contributed by atoms with Crippen LogP contribution >= 0.6 is 0 Å². The van der Waals surface area contributed by atoms with E-state index in [1.165, 1.54) is 6.07 Å². The molecule has 4 rings (SSSR count). The van der Waals surface area contributed by atoms with Crippen molar-refractivity contribution in [3.05, 3.63) is 83.7 Å². The lowest BCUT2D eigenvalue weighted by Crippen LogP contribution is -1.96. The molecule has 2 aromatic heterocycles. The van der Waals surface area contributed by atoms with E-state index in [1.54, 1.807) is 43.8 Å². The summed E-state index contributed by atoms with van der Waals surface area (Å²) < 4.78 is 13.8.